The van der Waals surface area contributed by atoms with Gasteiger partial charge in [0.2, 0.25) is 0 Å². The van der Waals surface area contributed by atoms with Crippen LogP contribution in [0.25, 0.3) is 22.0 Å². The van der Waals surface area contributed by atoms with Crippen LogP contribution in [0.2, 0.25) is 0 Å². The Morgan fingerprint density at radius 2 is 1.69 bits per heavy atom. The van der Waals surface area contributed by atoms with Gasteiger partial charge in [-0.15, -0.1) is 0 Å². The van der Waals surface area contributed by atoms with Gasteiger partial charge in [-0.2, -0.15) is 0 Å². The number of anilines is 1. The second kappa shape index (κ2) is 7.52. The molecule has 0 spiro atoms. The van der Waals surface area contributed by atoms with Crippen molar-refractivity contribution in [3.05, 3.63) is 89.9 Å². The van der Waals surface area contributed by atoms with Crippen LogP contribution in [0, 0.1) is 0 Å². The molecule has 0 bridgehead atoms. The predicted octanol–water partition coefficient (Wildman–Crippen LogP) is 1.77. The lowest BCUT2D eigenvalue weighted by atomic mass is 9.97. The van der Waals surface area contributed by atoms with Crippen LogP contribution >= 0.6 is 0 Å². The number of nitrogen functional groups attached to an aromatic ring is 1. The van der Waals surface area contributed by atoms with Crippen molar-refractivity contribution in [2.24, 2.45) is 5.73 Å². The van der Waals surface area contributed by atoms with Crippen LogP contribution in [0.5, 0.6) is 0 Å². The molecule has 0 saturated heterocycles. The number of ketones is 1. The van der Waals surface area contributed by atoms with Gasteiger partial charge in [0.15, 0.2) is 5.78 Å². The quantitative estimate of drug-likeness (QED) is 0.210. The number of Topliss-reactive ketones (excluding diaryl/α,β-unsaturated/α-hetero) is 1. The number of rotatable bonds is 5. The zero-order valence-corrected chi connectivity index (χ0v) is 15.7. The van der Waals surface area contributed by atoms with Crippen LogP contribution < -0.4 is 16.9 Å². The van der Waals surface area contributed by atoms with Gasteiger partial charge in [-0.05, 0) is 46.7 Å². The Morgan fingerprint density at radius 1 is 0.931 bits per heavy atom. The number of hydrogen-bond acceptors (Lipinski definition) is 4. The van der Waals surface area contributed by atoms with E-state index in [1.807, 2.05) is 36.4 Å². The van der Waals surface area contributed by atoms with Crippen molar-refractivity contribution in [3.63, 3.8) is 0 Å². The second-order valence-electron chi connectivity index (χ2n) is 6.84. The first-order valence-electron chi connectivity index (χ1n) is 9.11. The van der Waals surface area contributed by atoms with Gasteiger partial charge in [0.25, 0.3) is 5.84 Å². The molecule has 6 heteroatoms. The molecular weight excluding hydrogens is 362 g/mol. The fourth-order valence-corrected chi connectivity index (χ4v) is 3.26. The Kier molecular flexibility index (Phi) is 4.75. The highest BCUT2D eigenvalue weighted by molar-refractivity contribution is 6.00. The molecule has 0 radical (unpaired) electrons. The molecule has 6 nitrogen and oxygen atoms in total. The largest absolute Gasteiger partial charge is 0.398 e. The number of amidine groups is 1. The molecule has 4 rings (SSSR count). The summed E-state index contributed by atoms with van der Waals surface area (Å²) < 4.78 is 0. The Morgan fingerprint density at radius 3 is 2.45 bits per heavy atom. The van der Waals surface area contributed by atoms with Crippen LogP contribution in [0.4, 0.5) is 5.69 Å². The van der Waals surface area contributed by atoms with E-state index >= 15 is 0 Å². The minimum atomic E-state index is 0.00523. The summed E-state index contributed by atoms with van der Waals surface area (Å²) in [6.07, 6.45) is 5.10. The highest BCUT2D eigenvalue weighted by atomic mass is 16.1. The molecule has 4 aromatic rings. The minimum absolute atomic E-state index is 0.00523. The molecule has 1 aromatic heterocycles. The minimum Gasteiger partial charge on any atom is -0.398 e. The first-order chi connectivity index (χ1) is 14.0. The van der Waals surface area contributed by atoms with Crippen LogP contribution in [-0.2, 0) is 6.42 Å². The molecule has 0 aliphatic heterocycles. The van der Waals surface area contributed by atoms with Gasteiger partial charge >= 0.3 is 0 Å². The van der Waals surface area contributed by atoms with Gasteiger partial charge < -0.3 is 5.73 Å². The summed E-state index contributed by atoms with van der Waals surface area (Å²) in [5, 5.41) is 7.71. The SMILES string of the molecule is NC(=[NH2+])c1ccc2cc(CC(=O)c3ccc(N)c(-c4cnccn4)c3)ccc2c1. The van der Waals surface area contributed by atoms with Crippen molar-refractivity contribution in [3.8, 4) is 11.3 Å². The van der Waals surface area contributed by atoms with Gasteiger partial charge in [-0.25, -0.2) is 0 Å². The zero-order chi connectivity index (χ0) is 20.4. The molecule has 0 saturated carbocycles. The van der Waals surface area contributed by atoms with Crippen LogP contribution in [0.3, 0.4) is 0 Å². The van der Waals surface area contributed by atoms with Crippen molar-refractivity contribution in [1.82, 2.24) is 9.97 Å². The Hall–Kier alpha value is -4.06. The maximum absolute atomic E-state index is 12.9. The molecule has 0 atom stereocenters. The maximum atomic E-state index is 12.9. The summed E-state index contributed by atoms with van der Waals surface area (Å²) >= 11 is 0. The summed E-state index contributed by atoms with van der Waals surface area (Å²) in [6, 6.07) is 16.9. The lowest BCUT2D eigenvalue weighted by molar-refractivity contribution is -0.114. The third-order valence-electron chi connectivity index (χ3n) is 4.82. The van der Waals surface area contributed by atoms with Gasteiger partial charge in [-0.1, -0.05) is 24.3 Å². The number of aromatic nitrogens is 2. The normalized spacial score (nSPS) is 10.8. The fraction of sp³-hybridized carbons (Fsp3) is 0.0435. The smallest absolute Gasteiger partial charge is 0.270 e. The van der Waals surface area contributed by atoms with E-state index in [1.165, 1.54) is 0 Å². The zero-order valence-electron chi connectivity index (χ0n) is 15.7. The number of nitrogens with zero attached hydrogens (tertiary/aromatic N) is 2. The lowest BCUT2D eigenvalue weighted by Crippen LogP contribution is -2.46. The van der Waals surface area contributed by atoms with E-state index in [-0.39, 0.29) is 18.0 Å². The summed E-state index contributed by atoms with van der Waals surface area (Å²) in [5.41, 5.74) is 15.9. The summed E-state index contributed by atoms with van der Waals surface area (Å²) in [4.78, 5) is 21.2. The number of hydrogen-bond donors (Lipinski definition) is 3. The van der Waals surface area contributed by atoms with E-state index in [4.69, 9.17) is 16.9 Å². The molecule has 0 aliphatic carbocycles. The van der Waals surface area contributed by atoms with E-state index in [1.54, 1.807) is 36.8 Å². The molecule has 6 N–H and O–H groups in total. The fourth-order valence-electron chi connectivity index (χ4n) is 3.26. The number of fused-ring (bicyclic) bond motifs is 1. The average molecular weight is 382 g/mol. The standard InChI is InChI=1S/C23H19N5O/c24-20-6-5-17(12-19(20)21-13-27-7-8-28-21)22(29)10-14-1-2-16-11-18(23(25)26)4-3-15(16)9-14/h1-9,11-13H,10,24H2,(H3,25,26)/p+1. The Labute approximate surface area is 167 Å². The molecule has 3 aromatic carbocycles. The van der Waals surface area contributed by atoms with Crippen molar-refractivity contribution >= 4 is 28.1 Å². The Bertz CT molecular complexity index is 1230. The third-order valence-corrected chi connectivity index (χ3v) is 4.82. The monoisotopic (exact) mass is 382 g/mol. The van der Waals surface area contributed by atoms with Gasteiger partial charge in [0.1, 0.15) is 0 Å². The predicted molar refractivity (Wildman–Crippen MR) is 114 cm³/mol. The van der Waals surface area contributed by atoms with Crippen LogP contribution in [-0.4, -0.2) is 21.6 Å². The summed E-state index contributed by atoms with van der Waals surface area (Å²) in [6.45, 7) is 0. The highest BCUT2D eigenvalue weighted by Gasteiger charge is 2.12. The van der Waals surface area contributed by atoms with E-state index in [0.29, 0.717) is 22.5 Å². The molecule has 0 aliphatic rings. The van der Waals surface area contributed by atoms with Gasteiger partial charge in [0.05, 0.1) is 17.5 Å². The molecule has 142 valence electrons. The van der Waals surface area contributed by atoms with Crippen LogP contribution in [0.1, 0.15) is 21.5 Å². The van der Waals surface area contributed by atoms with Crippen molar-refractivity contribution in [2.75, 3.05) is 5.73 Å². The molecular formula is C23H20N5O+. The number of benzene rings is 3. The lowest BCUT2D eigenvalue weighted by Gasteiger charge is -2.08. The van der Waals surface area contributed by atoms with E-state index < -0.39 is 0 Å². The third kappa shape index (κ3) is 3.82. The summed E-state index contributed by atoms with van der Waals surface area (Å²) in [7, 11) is 0. The highest BCUT2D eigenvalue weighted by Crippen LogP contribution is 2.26. The molecule has 0 amide bonds. The van der Waals surface area contributed by atoms with Crippen molar-refractivity contribution < 1.29 is 10.2 Å². The van der Waals surface area contributed by atoms with Crippen molar-refractivity contribution in [1.29, 1.82) is 0 Å². The molecule has 0 fully saturated rings. The number of carbonyl (C=O) groups is 1. The van der Waals surface area contributed by atoms with E-state index in [0.717, 1.165) is 21.9 Å². The first kappa shape index (κ1) is 18.3. The molecule has 29 heavy (non-hydrogen) atoms. The van der Waals surface area contributed by atoms with Crippen LogP contribution in [0.15, 0.2) is 73.2 Å². The number of nitrogens with two attached hydrogens (primary N) is 3. The number of carbonyl (C=O) groups excluding carboxylic acids is 1. The topological polar surface area (TPSA) is 120 Å². The van der Waals surface area contributed by atoms with Gasteiger partial charge in [0, 0.05) is 35.6 Å². The molecule has 0 unspecified atom stereocenters. The van der Waals surface area contributed by atoms with E-state index in [9.17, 15) is 4.79 Å². The molecule has 1 heterocycles. The van der Waals surface area contributed by atoms with Crippen molar-refractivity contribution in [2.45, 2.75) is 6.42 Å². The van der Waals surface area contributed by atoms with E-state index in [2.05, 4.69) is 9.97 Å². The maximum Gasteiger partial charge on any atom is 0.270 e. The Balaban J connectivity index is 1.61. The average Bonchev–Trinajstić information content (AvgIpc) is 2.74. The summed E-state index contributed by atoms with van der Waals surface area (Å²) in [5.74, 6) is 0.291. The second-order valence-corrected chi connectivity index (χ2v) is 6.84. The van der Waals surface area contributed by atoms with Gasteiger partial charge in [-0.3, -0.25) is 25.9 Å². The first-order valence-corrected chi connectivity index (χ1v) is 9.11.